The van der Waals surface area contributed by atoms with E-state index in [0.29, 0.717) is 19.0 Å². The molecule has 0 aromatic rings. The fourth-order valence-corrected chi connectivity index (χ4v) is 3.50. The lowest BCUT2D eigenvalue weighted by atomic mass is 10.1. The number of guanidine groups is 1. The molecule has 1 aliphatic heterocycles. The van der Waals surface area contributed by atoms with E-state index in [2.05, 4.69) is 27.3 Å². The third-order valence-corrected chi connectivity index (χ3v) is 5.36. The molecule has 8 heteroatoms. The Morgan fingerprint density at radius 3 is 2.62 bits per heavy atom. The first kappa shape index (κ1) is 21.2. The number of hydrogen-bond acceptors (Lipinski definition) is 4. The monoisotopic (exact) mass is 362 g/mol. The van der Waals surface area contributed by atoms with Gasteiger partial charge in [0, 0.05) is 33.3 Å². The van der Waals surface area contributed by atoms with Crippen LogP contribution >= 0.6 is 0 Å². The fourth-order valence-electron chi connectivity index (χ4n) is 2.54. The van der Waals surface area contributed by atoms with Crippen LogP contribution in [0.25, 0.3) is 0 Å². The average Bonchev–Trinajstić information content (AvgIpc) is 2.59. The molecule has 0 radical (unpaired) electrons. The maximum atomic E-state index is 12.0. The second kappa shape index (κ2) is 12.5. The van der Waals surface area contributed by atoms with Gasteiger partial charge in [-0.2, -0.15) is 0 Å². The van der Waals surface area contributed by atoms with E-state index >= 15 is 0 Å². The molecular formula is C16H34N4O3S. The minimum Gasteiger partial charge on any atom is -0.377 e. The molecule has 1 unspecified atom stereocenters. The van der Waals surface area contributed by atoms with Crippen molar-refractivity contribution in [3.63, 3.8) is 0 Å². The molecule has 0 amide bonds. The number of nitrogens with one attached hydrogen (secondary N) is 3. The first-order valence-electron chi connectivity index (χ1n) is 9.11. The molecule has 1 heterocycles. The highest BCUT2D eigenvalue weighted by Crippen LogP contribution is 2.11. The standard InChI is InChI=1S/C16H34N4O3S/c1-3-4-5-7-10-18-16(17-2)19-11-13-24(21,22)20-14-15-9-6-8-12-23-15/h15,20H,3-14H2,1-2H3,(H2,17,18,19). The number of aliphatic imine (C=N–C) groups is 1. The first-order chi connectivity index (χ1) is 11.6. The smallest absolute Gasteiger partial charge is 0.213 e. The molecule has 1 saturated heterocycles. The normalized spacial score (nSPS) is 19.2. The van der Waals surface area contributed by atoms with Crippen LogP contribution in [0.2, 0.25) is 0 Å². The van der Waals surface area contributed by atoms with Crippen molar-refractivity contribution >= 4 is 16.0 Å². The highest BCUT2D eigenvalue weighted by molar-refractivity contribution is 7.89. The Labute approximate surface area is 147 Å². The zero-order chi connectivity index (χ0) is 17.7. The highest BCUT2D eigenvalue weighted by Gasteiger charge is 2.17. The molecule has 0 aromatic heterocycles. The van der Waals surface area contributed by atoms with Gasteiger partial charge >= 0.3 is 0 Å². The molecule has 1 aliphatic rings. The molecule has 1 fully saturated rings. The van der Waals surface area contributed by atoms with Crippen molar-refractivity contribution in [2.45, 2.75) is 58.0 Å². The number of sulfonamides is 1. The predicted octanol–water partition coefficient (Wildman–Crippen LogP) is 1.22. The zero-order valence-electron chi connectivity index (χ0n) is 15.1. The summed E-state index contributed by atoms with van der Waals surface area (Å²) in [4.78, 5) is 4.10. The predicted molar refractivity (Wildman–Crippen MR) is 98.9 cm³/mol. The van der Waals surface area contributed by atoms with Crippen LogP contribution in [0.1, 0.15) is 51.9 Å². The number of ether oxygens (including phenoxy) is 1. The molecule has 7 nitrogen and oxygen atoms in total. The van der Waals surface area contributed by atoms with Crippen molar-refractivity contribution < 1.29 is 13.2 Å². The second-order valence-electron chi connectivity index (χ2n) is 6.14. The molecule has 0 bridgehead atoms. The Morgan fingerprint density at radius 1 is 1.17 bits per heavy atom. The van der Waals surface area contributed by atoms with Gasteiger partial charge in [0.05, 0.1) is 11.9 Å². The van der Waals surface area contributed by atoms with Crippen molar-refractivity contribution in [2.75, 3.05) is 39.0 Å². The van der Waals surface area contributed by atoms with E-state index in [9.17, 15) is 8.42 Å². The van der Waals surface area contributed by atoms with Gasteiger partial charge in [0.25, 0.3) is 0 Å². The third-order valence-electron chi connectivity index (χ3n) is 4.01. The number of rotatable bonds is 11. The van der Waals surface area contributed by atoms with Crippen LogP contribution in [0.3, 0.4) is 0 Å². The average molecular weight is 363 g/mol. The van der Waals surface area contributed by atoms with Crippen molar-refractivity contribution in [3.05, 3.63) is 0 Å². The molecule has 3 N–H and O–H groups in total. The number of unbranched alkanes of at least 4 members (excludes halogenated alkanes) is 3. The second-order valence-corrected chi connectivity index (χ2v) is 8.07. The van der Waals surface area contributed by atoms with Crippen LogP contribution in [-0.4, -0.2) is 59.5 Å². The van der Waals surface area contributed by atoms with Gasteiger partial charge in [0.15, 0.2) is 5.96 Å². The Hall–Kier alpha value is -0.860. The largest absolute Gasteiger partial charge is 0.377 e. The van der Waals surface area contributed by atoms with Crippen LogP contribution in [0.4, 0.5) is 0 Å². The summed E-state index contributed by atoms with van der Waals surface area (Å²) in [5.41, 5.74) is 0. The van der Waals surface area contributed by atoms with Crippen molar-refractivity contribution in [1.29, 1.82) is 0 Å². The summed E-state index contributed by atoms with van der Waals surface area (Å²) in [5, 5.41) is 6.24. The molecule has 1 rings (SSSR count). The van der Waals surface area contributed by atoms with Gasteiger partial charge in [-0.25, -0.2) is 13.1 Å². The lowest BCUT2D eigenvalue weighted by Crippen LogP contribution is -2.42. The Kier molecular flexibility index (Phi) is 11.0. The summed E-state index contributed by atoms with van der Waals surface area (Å²) < 4.78 is 32.2. The van der Waals surface area contributed by atoms with Crippen molar-refractivity contribution in [2.24, 2.45) is 4.99 Å². The van der Waals surface area contributed by atoms with Gasteiger partial charge in [-0.15, -0.1) is 0 Å². The molecule has 24 heavy (non-hydrogen) atoms. The minimum atomic E-state index is -3.29. The van der Waals surface area contributed by atoms with Gasteiger partial charge in [-0.05, 0) is 25.7 Å². The van der Waals surface area contributed by atoms with Crippen LogP contribution in [-0.2, 0) is 14.8 Å². The van der Waals surface area contributed by atoms with E-state index in [0.717, 1.165) is 38.8 Å². The summed E-state index contributed by atoms with van der Waals surface area (Å²) in [6.45, 7) is 4.46. The van der Waals surface area contributed by atoms with E-state index < -0.39 is 10.0 Å². The number of hydrogen-bond donors (Lipinski definition) is 3. The molecule has 1 atom stereocenters. The zero-order valence-corrected chi connectivity index (χ0v) is 16.0. The van der Waals surface area contributed by atoms with Gasteiger partial charge in [-0.3, -0.25) is 4.99 Å². The van der Waals surface area contributed by atoms with Gasteiger partial charge in [0.1, 0.15) is 0 Å². The quantitative estimate of drug-likeness (QED) is 0.292. The first-order valence-corrected chi connectivity index (χ1v) is 10.8. The molecule has 142 valence electrons. The summed E-state index contributed by atoms with van der Waals surface area (Å²) in [6, 6.07) is 0. The molecule has 0 saturated carbocycles. The van der Waals surface area contributed by atoms with Crippen LogP contribution in [0, 0.1) is 0 Å². The van der Waals surface area contributed by atoms with E-state index in [4.69, 9.17) is 4.74 Å². The summed E-state index contributed by atoms with van der Waals surface area (Å²) in [6.07, 6.45) is 7.85. The Balaban J connectivity index is 2.15. The summed E-state index contributed by atoms with van der Waals surface area (Å²) in [5.74, 6) is 0.674. The lowest BCUT2D eigenvalue weighted by Gasteiger charge is -2.22. The van der Waals surface area contributed by atoms with E-state index in [1.807, 2.05) is 0 Å². The Morgan fingerprint density at radius 2 is 1.96 bits per heavy atom. The summed E-state index contributed by atoms with van der Waals surface area (Å²) >= 11 is 0. The number of nitrogens with zero attached hydrogens (tertiary/aromatic N) is 1. The SMILES string of the molecule is CCCCCCNC(=NC)NCCS(=O)(=O)NCC1CCCCO1. The summed E-state index contributed by atoms with van der Waals surface area (Å²) in [7, 11) is -1.60. The van der Waals surface area contributed by atoms with Crippen LogP contribution in [0.5, 0.6) is 0 Å². The van der Waals surface area contributed by atoms with Crippen LogP contribution < -0.4 is 15.4 Å². The highest BCUT2D eigenvalue weighted by atomic mass is 32.2. The van der Waals surface area contributed by atoms with Gasteiger partial charge in [0.2, 0.25) is 10.0 Å². The van der Waals surface area contributed by atoms with Crippen molar-refractivity contribution in [3.8, 4) is 0 Å². The van der Waals surface area contributed by atoms with E-state index in [1.54, 1.807) is 7.05 Å². The van der Waals surface area contributed by atoms with Gasteiger partial charge in [-0.1, -0.05) is 26.2 Å². The Bertz CT molecular complexity index is 448. The lowest BCUT2D eigenvalue weighted by molar-refractivity contribution is 0.0200. The molecular weight excluding hydrogens is 328 g/mol. The third kappa shape index (κ3) is 10.1. The molecule has 0 aliphatic carbocycles. The maximum absolute atomic E-state index is 12.0. The van der Waals surface area contributed by atoms with Gasteiger partial charge < -0.3 is 15.4 Å². The maximum Gasteiger partial charge on any atom is 0.213 e. The topological polar surface area (TPSA) is 91.8 Å². The molecule has 0 spiro atoms. The minimum absolute atomic E-state index is 0.0130. The van der Waals surface area contributed by atoms with E-state index in [1.165, 1.54) is 19.3 Å². The fraction of sp³-hybridized carbons (Fsp3) is 0.938. The van der Waals surface area contributed by atoms with Crippen molar-refractivity contribution in [1.82, 2.24) is 15.4 Å². The van der Waals surface area contributed by atoms with E-state index in [-0.39, 0.29) is 11.9 Å². The molecule has 0 aromatic carbocycles. The van der Waals surface area contributed by atoms with Crippen LogP contribution in [0.15, 0.2) is 4.99 Å².